The molecule has 0 spiro atoms. The quantitative estimate of drug-likeness (QED) is 0.712. The highest BCUT2D eigenvalue weighted by atomic mass is 16.2. The molecule has 1 amide bonds. The highest BCUT2D eigenvalue weighted by Crippen LogP contribution is 2.08. The summed E-state index contributed by atoms with van der Waals surface area (Å²) < 4.78 is 2.68. The molecule has 3 aromatic rings. The fourth-order valence-corrected chi connectivity index (χ4v) is 2.08. The fourth-order valence-electron chi connectivity index (χ4n) is 2.08. The van der Waals surface area contributed by atoms with Gasteiger partial charge in [0.15, 0.2) is 5.82 Å². The molecule has 3 rings (SSSR count). The highest BCUT2D eigenvalue weighted by molar-refractivity contribution is 5.89. The Balaban J connectivity index is 1.71. The predicted molar refractivity (Wildman–Crippen MR) is 88.2 cm³/mol. The molecule has 0 aliphatic heterocycles. The number of nitrogens with zero attached hydrogens (tertiary/aromatic N) is 7. The van der Waals surface area contributed by atoms with E-state index in [0.29, 0.717) is 17.3 Å². The van der Waals surface area contributed by atoms with Crippen molar-refractivity contribution in [2.24, 2.45) is 0 Å². The molecule has 0 saturated carbocycles. The summed E-state index contributed by atoms with van der Waals surface area (Å²) in [5.41, 5.74) is 0.412. The van der Waals surface area contributed by atoms with Crippen LogP contribution in [0.5, 0.6) is 0 Å². The number of rotatable bonds is 5. The number of hydrogen-bond acceptors (Lipinski definition) is 7. The Kier molecular flexibility index (Phi) is 4.59. The summed E-state index contributed by atoms with van der Waals surface area (Å²) in [5.74, 6) is 0.505. The molecule has 3 heterocycles. The molecule has 0 aliphatic rings. The van der Waals surface area contributed by atoms with Crippen molar-refractivity contribution in [2.75, 3.05) is 5.32 Å². The summed E-state index contributed by atoms with van der Waals surface area (Å²) in [6.45, 7) is 3.73. The van der Waals surface area contributed by atoms with E-state index in [9.17, 15) is 9.59 Å². The van der Waals surface area contributed by atoms with E-state index in [1.54, 1.807) is 6.07 Å². The lowest BCUT2D eigenvalue weighted by molar-refractivity contribution is -0.116. The zero-order chi connectivity index (χ0) is 17.8. The first-order valence-electron chi connectivity index (χ1n) is 7.56. The minimum absolute atomic E-state index is 0.146. The molecule has 0 radical (unpaired) electrons. The lowest BCUT2D eigenvalue weighted by Gasteiger charge is -2.09. The second-order valence-electron chi connectivity index (χ2n) is 5.58. The first-order chi connectivity index (χ1) is 12.0. The van der Waals surface area contributed by atoms with Gasteiger partial charge in [0.05, 0.1) is 12.0 Å². The normalized spacial score (nSPS) is 10.8. The van der Waals surface area contributed by atoms with Crippen molar-refractivity contribution >= 4 is 11.7 Å². The first kappa shape index (κ1) is 16.4. The average Bonchev–Trinajstić information content (AvgIpc) is 3.11. The number of anilines is 1. The van der Waals surface area contributed by atoms with Crippen LogP contribution in [-0.4, -0.2) is 40.2 Å². The van der Waals surface area contributed by atoms with Gasteiger partial charge < -0.3 is 5.32 Å². The van der Waals surface area contributed by atoms with E-state index >= 15 is 0 Å². The third-order valence-electron chi connectivity index (χ3n) is 3.38. The highest BCUT2D eigenvalue weighted by Gasteiger charge is 2.09. The Morgan fingerprint density at radius 2 is 2.00 bits per heavy atom. The zero-order valence-corrected chi connectivity index (χ0v) is 13.7. The van der Waals surface area contributed by atoms with Gasteiger partial charge in [-0.25, -0.2) is 24.6 Å². The molecule has 0 atom stereocenters. The van der Waals surface area contributed by atoms with Gasteiger partial charge in [0.25, 0.3) is 5.56 Å². The lowest BCUT2D eigenvalue weighted by atomic mass is 10.1. The molecule has 3 aromatic heterocycles. The number of aromatic nitrogens is 7. The summed E-state index contributed by atoms with van der Waals surface area (Å²) in [7, 11) is 0. The third-order valence-corrected chi connectivity index (χ3v) is 3.38. The van der Waals surface area contributed by atoms with E-state index in [-0.39, 0.29) is 18.0 Å². The fraction of sp³-hybridized carbons (Fsp3) is 0.267. The molecule has 25 heavy (non-hydrogen) atoms. The third kappa shape index (κ3) is 3.91. The smallest absolute Gasteiger partial charge is 0.254 e. The van der Waals surface area contributed by atoms with Crippen LogP contribution in [0.15, 0.2) is 42.2 Å². The Morgan fingerprint density at radius 3 is 2.68 bits per heavy atom. The Hall–Kier alpha value is -3.43. The molecule has 128 valence electrons. The lowest BCUT2D eigenvalue weighted by Crippen LogP contribution is -2.28. The number of carbonyl (C=O) groups is 1. The van der Waals surface area contributed by atoms with Gasteiger partial charge in [0, 0.05) is 12.1 Å². The predicted octanol–water partition coefficient (Wildman–Crippen LogP) is 0.376. The maximum atomic E-state index is 12.2. The van der Waals surface area contributed by atoms with Gasteiger partial charge in [-0.3, -0.25) is 14.2 Å². The van der Waals surface area contributed by atoms with Crippen molar-refractivity contribution in [1.82, 2.24) is 34.3 Å². The van der Waals surface area contributed by atoms with Gasteiger partial charge in [-0.2, -0.15) is 5.10 Å². The number of nitrogens with one attached hydrogen (secondary N) is 1. The molecule has 0 aliphatic carbocycles. The Bertz CT molecular complexity index is 933. The number of hydrogen-bond donors (Lipinski definition) is 1. The molecule has 0 aromatic carbocycles. The zero-order valence-electron chi connectivity index (χ0n) is 13.7. The monoisotopic (exact) mass is 340 g/mol. The minimum Gasteiger partial charge on any atom is -0.309 e. The maximum absolute atomic E-state index is 12.2. The molecule has 1 N–H and O–H groups in total. The number of carbonyl (C=O) groups excluding carboxylic acids is 1. The first-order valence-corrected chi connectivity index (χ1v) is 7.56. The van der Waals surface area contributed by atoms with Gasteiger partial charge in [-0.15, -0.1) is 0 Å². The van der Waals surface area contributed by atoms with Crippen LogP contribution in [0.4, 0.5) is 5.82 Å². The van der Waals surface area contributed by atoms with E-state index in [2.05, 4.69) is 30.4 Å². The van der Waals surface area contributed by atoms with Crippen molar-refractivity contribution in [3.8, 4) is 5.82 Å². The molecular weight excluding hydrogens is 324 g/mol. The summed E-state index contributed by atoms with van der Waals surface area (Å²) >= 11 is 0. The largest absolute Gasteiger partial charge is 0.309 e. The van der Waals surface area contributed by atoms with Crippen LogP contribution in [0.2, 0.25) is 0 Å². The molecule has 0 unspecified atom stereocenters. The second kappa shape index (κ2) is 6.99. The van der Waals surface area contributed by atoms with Crippen molar-refractivity contribution < 1.29 is 4.79 Å². The van der Waals surface area contributed by atoms with Gasteiger partial charge in [-0.05, 0) is 5.92 Å². The van der Waals surface area contributed by atoms with Gasteiger partial charge in [-0.1, -0.05) is 13.8 Å². The van der Waals surface area contributed by atoms with Crippen molar-refractivity contribution in [3.05, 3.63) is 53.5 Å². The van der Waals surface area contributed by atoms with Crippen LogP contribution >= 0.6 is 0 Å². The van der Waals surface area contributed by atoms with Crippen molar-refractivity contribution in [3.63, 3.8) is 0 Å². The SMILES string of the molecule is CC(C)c1cc(=O)n(CC(=O)Nc2cc(-n3cncn3)ncn2)cn1. The minimum atomic E-state index is -0.399. The van der Waals surface area contributed by atoms with Crippen LogP contribution in [0.1, 0.15) is 25.5 Å². The maximum Gasteiger partial charge on any atom is 0.254 e. The van der Waals surface area contributed by atoms with Gasteiger partial charge >= 0.3 is 0 Å². The second-order valence-corrected chi connectivity index (χ2v) is 5.58. The van der Waals surface area contributed by atoms with Gasteiger partial charge in [0.1, 0.15) is 31.3 Å². The molecule has 10 heteroatoms. The van der Waals surface area contributed by atoms with Crippen LogP contribution in [0.25, 0.3) is 5.82 Å². The topological polar surface area (TPSA) is 120 Å². The number of amides is 1. The summed E-state index contributed by atoms with van der Waals surface area (Å²) in [5, 5.41) is 6.58. The van der Waals surface area contributed by atoms with E-state index in [1.165, 1.54) is 40.6 Å². The van der Waals surface area contributed by atoms with Crippen LogP contribution in [0, 0.1) is 0 Å². The average molecular weight is 340 g/mol. The molecular formula is C15H16N8O2. The molecule has 0 bridgehead atoms. The Labute approximate surface area is 142 Å². The van der Waals surface area contributed by atoms with Crippen LogP contribution < -0.4 is 10.9 Å². The van der Waals surface area contributed by atoms with Crippen LogP contribution in [-0.2, 0) is 11.3 Å². The van der Waals surface area contributed by atoms with E-state index < -0.39 is 5.91 Å². The van der Waals surface area contributed by atoms with E-state index in [4.69, 9.17) is 0 Å². The standard InChI is InChI=1S/C15H16N8O2/c1-10(2)11-3-15(25)22(9-19-11)5-14(24)21-12-4-13(18-7-17-12)23-8-16-6-20-23/h3-4,6-10H,5H2,1-2H3,(H,17,18,21,24). The van der Waals surface area contributed by atoms with Gasteiger partial charge in [0.2, 0.25) is 5.91 Å². The van der Waals surface area contributed by atoms with E-state index in [1.807, 2.05) is 13.8 Å². The van der Waals surface area contributed by atoms with Crippen molar-refractivity contribution in [2.45, 2.75) is 26.3 Å². The van der Waals surface area contributed by atoms with Crippen molar-refractivity contribution in [1.29, 1.82) is 0 Å². The molecule has 0 fully saturated rings. The molecule has 10 nitrogen and oxygen atoms in total. The summed E-state index contributed by atoms with van der Waals surface area (Å²) in [6, 6.07) is 2.99. The molecule has 0 saturated heterocycles. The van der Waals surface area contributed by atoms with E-state index in [0.717, 1.165) is 0 Å². The summed E-state index contributed by atoms with van der Waals surface area (Å²) in [4.78, 5) is 40.2. The Morgan fingerprint density at radius 1 is 1.16 bits per heavy atom. The summed E-state index contributed by atoms with van der Waals surface area (Å²) in [6.07, 6.45) is 5.53. The van der Waals surface area contributed by atoms with Crippen LogP contribution in [0.3, 0.4) is 0 Å².